The fourth-order valence-corrected chi connectivity index (χ4v) is 2.78. The van der Waals surface area contributed by atoms with E-state index in [-0.39, 0.29) is 18.4 Å². The van der Waals surface area contributed by atoms with E-state index in [1.807, 2.05) is 6.92 Å². The summed E-state index contributed by atoms with van der Waals surface area (Å²) in [7, 11) is 0. The Bertz CT molecular complexity index is 246. The third-order valence-electron chi connectivity index (χ3n) is 4.19. The maximum Gasteiger partial charge on any atom is 0.223 e. The van der Waals surface area contributed by atoms with Crippen LogP contribution >= 0.6 is 0 Å². The molecule has 0 saturated carbocycles. The molecule has 0 aromatic rings. The van der Waals surface area contributed by atoms with E-state index in [4.69, 9.17) is 9.84 Å². The first-order valence-electron chi connectivity index (χ1n) is 7.65. The number of ether oxygens (including phenoxy) is 1. The molecular formula is C15H29NO3. The third-order valence-corrected chi connectivity index (χ3v) is 4.19. The Kier molecular flexibility index (Phi) is 8.07. The van der Waals surface area contributed by atoms with Crippen LogP contribution in [0.4, 0.5) is 0 Å². The second kappa shape index (κ2) is 9.32. The van der Waals surface area contributed by atoms with Gasteiger partial charge >= 0.3 is 0 Å². The molecular weight excluding hydrogens is 242 g/mol. The molecule has 0 aliphatic carbocycles. The van der Waals surface area contributed by atoms with Crippen molar-refractivity contribution in [2.75, 3.05) is 26.4 Å². The van der Waals surface area contributed by atoms with Gasteiger partial charge in [-0.2, -0.15) is 0 Å². The number of nitrogens with one attached hydrogen (secondary N) is 1. The Hall–Kier alpha value is -0.610. The number of aliphatic hydroxyl groups is 1. The summed E-state index contributed by atoms with van der Waals surface area (Å²) in [6.45, 7) is 6.62. The Balaban J connectivity index is 2.31. The van der Waals surface area contributed by atoms with Gasteiger partial charge in [0.05, 0.1) is 0 Å². The van der Waals surface area contributed by atoms with E-state index in [1.54, 1.807) is 0 Å². The van der Waals surface area contributed by atoms with Crippen molar-refractivity contribution in [3.63, 3.8) is 0 Å². The lowest BCUT2D eigenvalue weighted by Crippen LogP contribution is -2.38. The van der Waals surface area contributed by atoms with Crippen LogP contribution in [0, 0.1) is 17.8 Å². The summed E-state index contributed by atoms with van der Waals surface area (Å²) in [4.78, 5) is 12.1. The summed E-state index contributed by atoms with van der Waals surface area (Å²) in [6, 6.07) is 0. The van der Waals surface area contributed by atoms with E-state index < -0.39 is 0 Å². The Morgan fingerprint density at radius 3 is 2.63 bits per heavy atom. The van der Waals surface area contributed by atoms with Crippen LogP contribution in [0.15, 0.2) is 0 Å². The van der Waals surface area contributed by atoms with Gasteiger partial charge in [0.25, 0.3) is 0 Å². The lowest BCUT2D eigenvalue weighted by Gasteiger charge is -2.27. The number of aliphatic hydroxyl groups excluding tert-OH is 1. The van der Waals surface area contributed by atoms with Crippen molar-refractivity contribution in [1.29, 1.82) is 0 Å². The van der Waals surface area contributed by atoms with Crippen molar-refractivity contribution < 1.29 is 14.6 Å². The molecule has 1 heterocycles. The largest absolute Gasteiger partial charge is 0.396 e. The van der Waals surface area contributed by atoms with Gasteiger partial charge in [-0.1, -0.05) is 20.3 Å². The number of rotatable bonds is 8. The van der Waals surface area contributed by atoms with E-state index in [0.29, 0.717) is 18.4 Å². The van der Waals surface area contributed by atoms with E-state index >= 15 is 0 Å². The topological polar surface area (TPSA) is 58.6 Å². The van der Waals surface area contributed by atoms with Gasteiger partial charge in [-0.05, 0) is 37.5 Å². The Morgan fingerprint density at radius 1 is 1.37 bits per heavy atom. The van der Waals surface area contributed by atoms with Gasteiger partial charge in [-0.3, -0.25) is 4.79 Å². The minimum absolute atomic E-state index is 0.0697. The van der Waals surface area contributed by atoms with Crippen LogP contribution in [0.1, 0.15) is 46.0 Å². The van der Waals surface area contributed by atoms with E-state index in [9.17, 15) is 4.79 Å². The molecule has 0 aromatic heterocycles. The maximum atomic E-state index is 12.1. The molecule has 4 heteroatoms. The highest BCUT2D eigenvalue weighted by molar-refractivity contribution is 5.78. The summed E-state index contributed by atoms with van der Waals surface area (Å²) in [5.41, 5.74) is 0. The molecule has 112 valence electrons. The first-order chi connectivity index (χ1) is 9.19. The van der Waals surface area contributed by atoms with Crippen LogP contribution < -0.4 is 5.32 Å². The van der Waals surface area contributed by atoms with Gasteiger partial charge < -0.3 is 15.2 Å². The van der Waals surface area contributed by atoms with E-state index in [2.05, 4.69) is 12.2 Å². The quantitative estimate of drug-likeness (QED) is 0.709. The second-order valence-electron chi connectivity index (χ2n) is 5.65. The summed E-state index contributed by atoms with van der Waals surface area (Å²) in [5, 5.41) is 12.1. The highest BCUT2D eigenvalue weighted by Crippen LogP contribution is 2.23. The molecule has 1 amide bonds. The molecule has 1 rings (SSSR count). The van der Waals surface area contributed by atoms with Crippen molar-refractivity contribution >= 4 is 5.91 Å². The van der Waals surface area contributed by atoms with Crippen LogP contribution in [0.25, 0.3) is 0 Å². The first-order valence-corrected chi connectivity index (χ1v) is 7.65. The van der Waals surface area contributed by atoms with Crippen molar-refractivity contribution in [3.05, 3.63) is 0 Å². The van der Waals surface area contributed by atoms with Crippen molar-refractivity contribution in [3.8, 4) is 0 Å². The van der Waals surface area contributed by atoms with Gasteiger partial charge in [-0.15, -0.1) is 0 Å². The predicted molar refractivity (Wildman–Crippen MR) is 75.8 cm³/mol. The smallest absolute Gasteiger partial charge is 0.223 e. The van der Waals surface area contributed by atoms with Crippen LogP contribution in [0.3, 0.4) is 0 Å². The Labute approximate surface area is 116 Å². The maximum absolute atomic E-state index is 12.1. The number of carbonyl (C=O) groups is 1. The molecule has 0 bridgehead atoms. The monoisotopic (exact) mass is 271 g/mol. The number of hydrogen-bond acceptors (Lipinski definition) is 3. The first kappa shape index (κ1) is 16.4. The summed E-state index contributed by atoms with van der Waals surface area (Å²) >= 11 is 0. The zero-order chi connectivity index (χ0) is 14.1. The molecule has 1 aliphatic rings. The van der Waals surface area contributed by atoms with Gasteiger partial charge in [-0.25, -0.2) is 0 Å². The summed E-state index contributed by atoms with van der Waals surface area (Å²) in [5.74, 6) is 1.09. The van der Waals surface area contributed by atoms with Crippen LogP contribution in [-0.2, 0) is 9.53 Å². The van der Waals surface area contributed by atoms with Crippen LogP contribution in [0.5, 0.6) is 0 Å². The number of amides is 1. The molecule has 1 aliphatic heterocycles. The lowest BCUT2D eigenvalue weighted by molar-refractivity contribution is -0.127. The third kappa shape index (κ3) is 5.91. The second-order valence-corrected chi connectivity index (χ2v) is 5.65. The van der Waals surface area contributed by atoms with E-state index in [0.717, 1.165) is 45.3 Å². The molecule has 0 spiro atoms. The number of carbonyl (C=O) groups excluding carboxylic acids is 1. The zero-order valence-corrected chi connectivity index (χ0v) is 12.4. The zero-order valence-electron chi connectivity index (χ0n) is 12.4. The average molecular weight is 271 g/mol. The molecule has 2 unspecified atom stereocenters. The molecule has 2 N–H and O–H groups in total. The van der Waals surface area contributed by atoms with Gasteiger partial charge in [0.1, 0.15) is 0 Å². The molecule has 4 nitrogen and oxygen atoms in total. The van der Waals surface area contributed by atoms with Crippen molar-refractivity contribution in [2.24, 2.45) is 17.8 Å². The minimum atomic E-state index is 0.0697. The lowest BCUT2D eigenvalue weighted by atomic mass is 9.86. The SMILES string of the molecule is CCCC(CCO)CNC(=O)C(C)C1CCOCC1. The Morgan fingerprint density at radius 2 is 2.05 bits per heavy atom. The predicted octanol–water partition coefficient (Wildman–Crippen LogP) is 1.96. The van der Waals surface area contributed by atoms with Crippen LogP contribution in [-0.4, -0.2) is 37.4 Å². The van der Waals surface area contributed by atoms with E-state index in [1.165, 1.54) is 0 Å². The molecule has 19 heavy (non-hydrogen) atoms. The van der Waals surface area contributed by atoms with Gasteiger partial charge in [0.15, 0.2) is 0 Å². The number of hydrogen-bond donors (Lipinski definition) is 2. The molecule has 1 fully saturated rings. The minimum Gasteiger partial charge on any atom is -0.396 e. The van der Waals surface area contributed by atoms with Gasteiger partial charge in [0.2, 0.25) is 5.91 Å². The molecule has 1 saturated heterocycles. The fraction of sp³-hybridized carbons (Fsp3) is 0.933. The molecule has 2 atom stereocenters. The summed E-state index contributed by atoms with van der Waals surface area (Å²) in [6.07, 6.45) is 4.91. The highest BCUT2D eigenvalue weighted by atomic mass is 16.5. The van der Waals surface area contributed by atoms with Crippen molar-refractivity contribution in [2.45, 2.75) is 46.0 Å². The normalized spacial score (nSPS) is 19.9. The standard InChI is InChI=1S/C15H29NO3/c1-3-4-13(5-8-17)11-16-15(18)12(2)14-6-9-19-10-7-14/h12-14,17H,3-11H2,1-2H3,(H,16,18). The summed E-state index contributed by atoms with van der Waals surface area (Å²) < 4.78 is 5.33. The van der Waals surface area contributed by atoms with Gasteiger partial charge in [0, 0.05) is 32.3 Å². The highest BCUT2D eigenvalue weighted by Gasteiger charge is 2.26. The molecule has 0 aromatic carbocycles. The fourth-order valence-electron chi connectivity index (χ4n) is 2.78. The average Bonchev–Trinajstić information content (AvgIpc) is 2.45. The molecule has 0 radical (unpaired) electrons. The van der Waals surface area contributed by atoms with Crippen LogP contribution in [0.2, 0.25) is 0 Å². The van der Waals surface area contributed by atoms with Crippen molar-refractivity contribution in [1.82, 2.24) is 5.32 Å².